The zero-order chi connectivity index (χ0) is 22.2. The van der Waals surface area contributed by atoms with E-state index in [9.17, 15) is 4.79 Å². The third-order valence-electron chi connectivity index (χ3n) is 5.48. The molecular weight excluding hydrogens is 440 g/mol. The molecule has 1 saturated carbocycles. The SMILES string of the molecule is CC(C)c1ccc(NC(=O)CSc2nnc(-c3sc4ncccc4c3N)n2C2CC2)cc1. The molecule has 3 N–H and O–H groups in total. The lowest BCUT2D eigenvalue weighted by Gasteiger charge is -2.10. The number of hydrogen-bond donors (Lipinski definition) is 2. The highest BCUT2D eigenvalue weighted by Gasteiger charge is 2.32. The van der Waals surface area contributed by atoms with Gasteiger partial charge in [-0.15, -0.1) is 21.5 Å². The van der Waals surface area contributed by atoms with Crippen LogP contribution in [0.25, 0.3) is 20.9 Å². The van der Waals surface area contributed by atoms with Crippen molar-refractivity contribution in [2.45, 2.75) is 43.8 Å². The van der Waals surface area contributed by atoms with E-state index in [0.29, 0.717) is 17.6 Å². The van der Waals surface area contributed by atoms with Crippen LogP contribution < -0.4 is 11.1 Å². The molecule has 0 aliphatic heterocycles. The highest BCUT2D eigenvalue weighted by molar-refractivity contribution is 7.99. The van der Waals surface area contributed by atoms with Crippen molar-refractivity contribution >= 4 is 50.6 Å². The highest BCUT2D eigenvalue weighted by atomic mass is 32.2. The summed E-state index contributed by atoms with van der Waals surface area (Å²) in [6.45, 7) is 4.30. The first-order valence-electron chi connectivity index (χ1n) is 10.6. The van der Waals surface area contributed by atoms with E-state index < -0.39 is 0 Å². The van der Waals surface area contributed by atoms with Gasteiger partial charge in [-0.1, -0.05) is 37.7 Å². The van der Waals surface area contributed by atoms with Gasteiger partial charge in [-0.05, 0) is 48.6 Å². The van der Waals surface area contributed by atoms with Gasteiger partial charge >= 0.3 is 0 Å². The van der Waals surface area contributed by atoms with Gasteiger partial charge in [0.15, 0.2) is 11.0 Å². The van der Waals surface area contributed by atoms with Gasteiger partial charge in [0.25, 0.3) is 0 Å². The van der Waals surface area contributed by atoms with E-state index in [1.54, 1.807) is 6.20 Å². The topological polar surface area (TPSA) is 98.7 Å². The number of benzene rings is 1. The fourth-order valence-electron chi connectivity index (χ4n) is 3.59. The largest absolute Gasteiger partial charge is 0.397 e. The molecule has 0 atom stereocenters. The molecule has 1 fully saturated rings. The molecule has 32 heavy (non-hydrogen) atoms. The molecule has 0 radical (unpaired) electrons. The molecule has 9 heteroatoms. The van der Waals surface area contributed by atoms with Crippen LogP contribution in [-0.4, -0.2) is 31.4 Å². The quantitative estimate of drug-likeness (QED) is 0.359. The molecule has 3 aromatic heterocycles. The summed E-state index contributed by atoms with van der Waals surface area (Å²) in [7, 11) is 0. The van der Waals surface area contributed by atoms with E-state index in [1.807, 2.05) is 36.4 Å². The predicted octanol–water partition coefficient (Wildman–Crippen LogP) is 5.33. The summed E-state index contributed by atoms with van der Waals surface area (Å²) < 4.78 is 2.14. The van der Waals surface area contributed by atoms with Crippen molar-refractivity contribution in [1.82, 2.24) is 19.7 Å². The molecule has 0 spiro atoms. The van der Waals surface area contributed by atoms with Crippen LogP contribution in [0.4, 0.5) is 11.4 Å². The van der Waals surface area contributed by atoms with Crippen molar-refractivity contribution in [1.29, 1.82) is 0 Å². The minimum Gasteiger partial charge on any atom is -0.397 e. The van der Waals surface area contributed by atoms with Crippen molar-refractivity contribution in [3.8, 4) is 10.7 Å². The molecule has 1 aromatic carbocycles. The molecule has 0 saturated heterocycles. The Balaban J connectivity index is 1.33. The maximum atomic E-state index is 12.5. The number of aromatic nitrogens is 4. The number of pyridine rings is 1. The smallest absolute Gasteiger partial charge is 0.234 e. The van der Waals surface area contributed by atoms with Gasteiger partial charge in [0, 0.05) is 23.3 Å². The van der Waals surface area contributed by atoms with E-state index in [-0.39, 0.29) is 11.7 Å². The average molecular weight is 465 g/mol. The van der Waals surface area contributed by atoms with Gasteiger partial charge in [-0.25, -0.2) is 4.98 Å². The number of thioether (sulfide) groups is 1. The summed E-state index contributed by atoms with van der Waals surface area (Å²) in [5, 5.41) is 13.5. The molecule has 1 amide bonds. The molecule has 4 aromatic rings. The minimum absolute atomic E-state index is 0.0650. The van der Waals surface area contributed by atoms with Gasteiger partial charge < -0.3 is 11.1 Å². The Kier molecular flexibility index (Phi) is 5.60. The number of fused-ring (bicyclic) bond motifs is 1. The summed E-state index contributed by atoms with van der Waals surface area (Å²) in [5.41, 5.74) is 9.16. The molecule has 1 aliphatic rings. The van der Waals surface area contributed by atoms with Crippen molar-refractivity contribution < 1.29 is 4.79 Å². The first-order valence-corrected chi connectivity index (χ1v) is 12.4. The number of nitrogen functional groups attached to an aromatic ring is 1. The first kappa shape index (κ1) is 21.0. The lowest BCUT2D eigenvalue weighted by molar-refractivity contribution is -0.113. The fourth-order valence-corrected chi connectivity index (χ4v) is 5.44. The number of carbonyl (C=O) groups is 1. The molecule has 3 heterocycles. The summed E-state index contributed by atoms with van der Waals surface area (Å²) in [4.78, 5) is 18.7. The van der Waals surface area contributed by atoms with Crippen molar-refractivity contribution in [3.63, 3.8) is 0 Å². The van der Waals surface area contributed by atoms with E-state index in [1.165, 1.54) is 28.7 Å². The second-order valence-electron chi connectivity index (χ2n) is 8.22. The Hall–Kier alpha value is -2.91. The minimum atomic E-state index is -0.0650. The van der Waals surface area contributed by atoms with Gasteiger partial charge in [-0.2, -0.15) is 0 Å². The standard InChI is InChI=1S/C23H24N6OS2/c1-13(2)14-5-7-15(8-6-14)26-18(30)12-31-23-28-27-21(29(23)16-9-10-16)20-19(24)17-4-3-11-25-22(17)32-20/h3-8,11,13,16H,9-10,12,24H2,1-2H3,(H,26,30). The molecule has 5 rings (SSSR count). The van der Waals surface area contributed by atoms with E-state index in [0.717, 1.165) is 44.6 Å². The number of hydrogen-bond acceptors (Lipinski definition) is 7. The van der Waals surface area contributed by atoms with E-state index in [4.69, 9.17) is 5.73 Å². The van der Waals surface area contributed by atoms with Gasteiger partial charge in [-0.3, -0.25) is 9.36 Å². The lowest BCUT2D eigenvalue weighted by atomic mass is 10.0. The van der Waals surface area contributed by atoms with Gasteiger partial charge in [0.2, 0.25) is 5.91 Å². The van der Waals surface area contributed by atoms with E-state index >= 15 is 0 Å². The van der Waals surface area contributed by atoms with Crippen LogP contribution in [0, 0.1) is 0 Å². The van der Waals surface area contributed by atoms with Crippen LogP contribution in [0.2, 0.25) is 0 Å². The summed E-state index contributed by atoms with van der Waals surface area (Å²) in [6.07, 6.45) is 3.93. The number of thiophene rings is 1. The molecule has 0 unspecified atom stereocenters. The maximum absolute atomic E-state index is 12.5. The summed E-state index contributed by atoms with van der Waals surface area (Å²) in [5.74, 6) is 1.43. The Morgan fingerprint density at radius 1 is 1.25 bits per heavy atom. The van der Waals surface area contributed by atoms with Crippen molar-refractivity contribution in [2.75, 3.05) is 16.8 Å². The Labute approximate surface area is 194 Å². The Morgan fingerprint density at radius 2 is 2.03 bits per heavy atom. The zero-order valence-electron chi connectivity index (χ0n) is 17.9. The van der Waals surface area contributed by atoms with Crippen LogP contribution in [0.1, 0.15) is 44.2 Å². The van der Waals surface area contributed by atoms with Crippen LogP contribution in [0.5, 0.6) is 0 Å². The monoisotopic (exact) mass is 464 g/mol. The van der Waals surface area contributed by atoms with Crippen LogP contribution in [0.15, 0.2) is 47.8 Å². The number of carbonyl (C=O) groups excluding carboxylic acids is 1. The number of nitrogens with one attached hydrogen (secondary N) is 1. The predicted molar refractivity (Wildman–Crippen MR) is 131 cm³/mol. The normalized spacial score (nSPS) is 13.7. The number of rotatable bonds is 7. The van der Waals surface area contributed by atoms with Crippen LogP contribution >= 0.6 is 23.1 Å². The average Bonchev–Trinajstić information content (AvgIpc) is 3.46. The lowest BCUT2D eigenvalue weighted by Crippen LogP contribution is -2.14. The fraction of sp³-hybridized carbons (Fsp3) is 0.304. The summed E-state index contributed by atoms with van der Waals surface area (Å²) >= 11 is 2.94. The van der Waals surface area contributed by atoms with E-state index in [2.05, 4.69) is 38.9 Å². The second kappa shape index (κ2) is 8.55. The zero-order valence-corrected chi connectivity index (χ0v) is 19.5. The van der Waals surface area contributed by atoms with Crippen molar-refractivity contribution in [3.05, 3.63) is 48.2 Å². The highest BCUT2D eigenvalue weighted by Crippen LogP contribution is 2.45. The number of amides is 1. The third-order valence-corrected chi connectivity index (χ3v) is 7.55. The molecular formula is C23H24N6OS2. The van der Waals surface area contributed by atoms with Crippen LogP contribution in [0.3, 0.4) is 0 Å². The molecule has 1 aliphatic carbocycles. The van der Waals surface area contributed by atoms with Crippen molar-refractivity contribution in [2.24, 2.45) is 0 Å². The molecule has 0 bridgehead atoms. The first-order chi connectivity index (χ1) is 15.5. The Bertz CT molecular complexity index is 1270. The third kappa shape index (κ3) is 4.10. The molecule has 7 nitrogen and oxygen atoms in total. The van der Waals surface area contributed by atoms with Crippen LogP contribution in [-0.2, 0) is 4.79 Å². The maximum Gasteiger partial charge on any atom is 0.234 e. The second-order valence-corrected chi connectivity index (χ2v) is 10.2. The molecule has 164 valence electrons. The summed E-state index contributed by atoms with van der Waals surface area (Å²) in [6, 6.07) is 12.2. The van der Waals surface area contributed by atoms with Gasteiger partial charge in [0.1, 0.15) is 4.83 Å². The van der Waals surface area contributed by atoms with Gasteiger partial charge in [0.05, 0.1) is 16.3 Å². The number of nitrogens with zero attached hydrogens (tertiary/aromatic N) is 4. The number of anilines is 2. The number of nitrogens with two attached hydrogens (primary N) is 1. The Morgan fingerprint density at radius 3 is 2.72 bits per heavy atom.